The van der Waals surface area contributed by atoms with Crippen LogP contribution in [0.4, 0.5) is 10.1 Å². The number of hydrogen-bond donors (Lipinski definition) is 1. The Hall–Kier alpha value is -1.95. The molecule has 0 saturated carbocycles. The number of likely N-dealkylation sites (tertiary alicyclic amines) is 1. The van der Waals surface area contributed by atoms with E-state index in [0.29, 0.717) is 38.2 Å². The number of hydrogen-bond acceptors (Lipinski definition) is 4. The third-order valence-corrected chi connectivity index (χ3v) is 4.19. The summed E-state index contributed by atoms with van der Waals surface area (Å²) in [6.07, 6.45) is 1.40. The molecule has 1 N–H and O–H groups in total. The predicted molar refractivity (Wildman–Crippen MR) is 85.4 cm³/mol. The lowest BCUT2D eigenvalue weighted by atomic mass is 9.96. The number of piperidine rings is 1. The van der Waals surface area contributed by atoms with Crippen LogP contribution in [0, 0.1) is 11.7 Å². The Bertz CT molecular complexity index is 539. The molecule has 1 aromatic rings. The number of carbonyl (C=O) groups excluding carboxylic acids is 2. The number of benzene rings is 1. The van der Waals surface area contributed by atoms with Crippen molar-refractivity contribution in [2.75, 3.05) is 25.0 Å². The second kappa shape index (κ2) is 8.06. The minimum absolute atomic E-state index is 0.0708. The molecule has 1 heterocycles. The molecule has 126 valence electrons. The Balaban J connectivity index is 1.84. The maximum Gasteiger partial charge on any atom is 0.309 e. The first kappa shape index (κ1) is 17.4. The molecule has 1 aliphatic heterocycles. The van der Waals surface area contributed by atoms with E-state index in [1.165, 1.54) is 24.3 Å². The van der Waals surface area contributed by atoms with E-state index in [4.69, 9.17) is 4.74 Å². The monoisotopic (exact) mass is 322 g/mol. The number of carbonyl (C=O) groups is 2. The van der Waals surface area contributed by atoms with Gasteiger partial charge in [-0.25, -0.2) is 4.39 Å². The normalized spacial score (nSPS) is 17.5. The molecule has 0 radical (unpaired) electrons. The number of anilines is 1. The Morgan fingerprint density at radius 2 is 1.91 bits per heavy atom. The van der Waals surface area contributed by atoms with Gasteiger partial charge in [-0.1, -0.05) is 0 Å². The van der Waals surface area contributed by atoms with Gasteiger partial charge in [0.05, 0.1) is 18.6 Å². The molecule has 0 spiro atoms. The summed E-state index contributed by atoms with van der Waals surface area (Å²) in [7, 11) is 0. The van der Waals surface area contributed by atoms with Gasteiger partial charge < -0.3 is 10.1 Å². The first-order chi connectivity index (χ1) is 11.0. The van der Waals surface area contributed by atoms with Crippen LogP contribution in [0.1, 0.15) is 26.7 Å². The van der Waals surface area contributed by atoms with Crippen molar-refractivity contribution in [2.45, 2.75) is 32.7 Å². The zero-order valence-corrected chi connectivity index (χ0v) is 13.5. The van der Waals surface area contributed by atoms with Gasteiger partial charge in [-0.3, -0.25) is 14.5 Å². The van der Waals surface area contributed by atoms with Gasteiger partial charge >= 0.3 is 5.97 Å². The van der Waals surface area contributed by atoms with Crippen LogP contribution in [0.5, 0.6) is 0 Å². The topological polar surface area (TPSA) is 58.6 Å². The second-order valence-electron chi connectivity index (χ2n) is 5.73. The zero-order chi connectivity index (χ0) is 16.8. The number of ether oxygens (including phenoxy) is 1. The van der Waals surface area contributed by atoms with Crippen molar-refractivity contribution in [1.82, 2.24) is 4.90 Å². The number of rotatable bonds is 5. The minimum atomic E-state index is -0.336. The number of amides is 1. The number of nitrogens with zero attached hydrogens (tertiary/aromatic N) is 1. The third-order valence-electron chi connectivity index (χ3n) is 4.19. The van der Waals surface area contributed by atoms with Crippen molar-refractivity contribution in [3.8, 4) is 0 Å². The Morgan fingerprint density at radius 3 is 2.48 bits per heavy atom. The van der Waals surface area contributed by atoms with Crippen LogP contribution in [0.3, 0.4) is 0 Å². The highest BCUT2D eigenvalue weighted by Gasteiger charge is 2.30. The van der Waals surface area contributed by atoms with Crippen LogP contribution in [-0.4, -0.2) is 42.5 Å². The Kier molecular flexibility index (Phi) is 6.10. The van der Waals surface area contributed by atoms with Crippen molar-refractivity contribution in [2.24, 2.45) is 5.92 Å². The summed E-state index contributed by atoms with van der Waals surface area (Å²) < 4.78 is 17.9. The number of nitrogens with one attached hydrogen (secondary N) is 1. The molecule has 1 amide bonds. The van der Waals surface area contributed by atoms with Gasteiger partial charge in [-0.05, 0) is 64.0 Å². The molecular formula is C17H23FN2O3. The van der Waals surface area contributed by atoms with E-state index in [0.717, 1.165) is 0 Å². The lowest BCUT2D eigenvalue weighted by Gasteiger charge is -2.34. The van der Waals surface area contributed by atoms with E-state index in [-0.39, 0.29) is 29.7 Å². The SMILES string of the molecule is CCOC(=O)C1CCN([C@@H](C)C(=O)Nc2ccc(F)cc2)CC1. The van der Waals surface area contributed by atoms with Crippen LogP contribution in [0.15, 0.2) is 24.3 Å². The van der Waals surface area contributed by atoms with Gasteiger partial charge in [0.1, 0.15) is 5.82 Å². The average Bonchev–Trinajstić information content (AvgIpc) is 2.56. The molecule has 0 bridgehead atoms. The van der Waals surface area contributed by atoms with Crippen molar-refractivity contribution in [1.29, 1.82) is 0 Å². The molecule has 1 atom stereocenters. The molecule has 0 aromatic heterocycles. The molecule has 2 rings (SSSR count). The fourth-order valence-electron chi connectivity index (χ4n) is 2.73. The first-order valence-corrected chi connectivity index (χ1v) is 7.98. The molecule has 23 heavy (non-hydrogen) atoms. The van der Waals surface area contributed by atoms with Crippen molar-refractivity contribution in [3.05, 3.63) is 30.1 Å². The summed E-state index contributed by atoms with van der Waals surface area (Å²) in [5.74, 6) is -0.683. The van der Waals surface area contributed by atoms with Gasteiger partial charge in [0.25, 0.3) is 0 Å². The van der Waals surface area contributed by atoms with Crippen molar-refractivity contribution in [3.63, 3.8) is 0 Å². The van der Waals surface area contributed by atoms with Crippen LogP contribution < -0.4 is 5.32 Å². The molecule has 0 aliphatic carbocycles. The molecule has 1 fully saturated rings. The van der Waals surface area contributed by atoms with E-state index in [1.807, 2.05) is 6.92 Å². The summed E-state index contributed by atoms with van der Waals surface area (Å²) in [6.45, 7) is 5.40. The van der Waals surface area contributed by atoms with Gasteiger partial charge in [0.2, 0.25) is 5.91 Å². The van der Waals surface area contributed by atoms with Gasteiger partial charge in [-0.2, -0.15) is 0 Å². The van der Waals surface area contributed by atoms with Crippen LogP contribution >= 0.6 is 0 Å². The molecule has 5 nitrogen and oxygen atoms in total. The summed E-state index contributed by atoms with van der Waals surface area (Å²) in [5, 5.41) is 2.78. The maximum atomic E-state index is 12.9. The average molecular weight is 322 g/mol. The second-order valence-corrected chi connectivity index (χ2v) is 5.73. The van der Waals surface area contributed by atoms with E-state index < -0.39 is 0 Å². The Morgan fingerprint density at radius 1 is 1.30 bits per heavy atom. The zero-order valence-electron chi connectivity index (χ0n) is 13.5. The third kappa shape index (κ3) is 4.76. The fraction of sp³-hybridized carbons (Fsp3) is 0.529. The highest BCUT2D eigenvalue weighted by atomic mass is 19.1. The van der Waals surface area contributed by atoms with Gasteiger partial charge in [0, 0.05) is 5.69 Å². The van der Waals surface area contributed by atoms with E-state index >= 15 is 0 Å². The van der Waals surface area contributed by atoms with E-state index in [1.54, 1.807) is 6.92 Å². The van der Waals surface area contributed by atoms with Gasteiger partial charge in [-0.15, -0.1) is 0 Å². The fourth-order valence-corrected chi connectivity index (χ4v) is 2.73. The molecule has 1 aromatic carbocycles. The molecule has 1 saturated heterocycles. The van der Waals surface area contributed by atoms with Crippen LogP contribution in [0.25, 0.3) is 0 Å². The van der Waals surface area contributed by atoms with E-state index in [2.05, 4.69) is 10.2 Å². The van der Waals surface area contributed by atoms with Gasteiger partial charge in [0.15, 0.2) is 0 Å². The summed E-state index contributed by atoms with van der Waals surface area (Å²) >= 11 is 0. The molecule has 6 heteroatoms. The largest absolute Gasteiger partial charge is 0.466 e. The highest BCUT2D eigenvalue weighted by molar-refractivity contribution is 5.94. The maximum absolute atomic E-state index is 12.9. The summed E-state index contributed by atoms with van der Waals surface area (Å²) in [4.78, 5) is 26.1. The summed E-state index contributed by atoms with van der Waals surface area (Å²) in [6, 6.07) is 5.39. The Labute approximate surface area is 135 Å². The standard InChI is InChI=1S/C17H23FN2O3/c1-3-23-17(22)13-8-10-20(11-9-13)12(2)16(21)19-15-6-4-14(18)5-7-15/h4-7,12-13H,3,8-11H2,1-2H3,(H,19,21)/t12-/m0/s1. The van der Waals surface area contributed by atoms with Crippen molar-refractivity contribution < 1.29 is 18.7 Å². The lowest BCUT2D eigenvalue weighted by Crippen LogP contribution is -2.47. The quantitative estimate of drug-likeness (QED) is 0.846. The number of esters is 1. The predicted octanol–water partition coefficient (Wildman–Crippen LogP) is 2.43. The summed E-state index contributed by atoms with van der Waals surface area (Å²) in [5.41, 5.74) is 0.574. The molecule has 1 aliphatic rings. The smallest absolute Gasteiger partial charge is 0.309 e. The first-order valence-electron chi connectivity index (χ1n) is 7.98. The van der Waals surface area contributed by atoms with Crippen molar-refractivity contribution >= 4 is 17.6 Å². The van der Waals surface area contributed by atoms with Crippen LogP contribution in [0.2, 0.25) is 0 Å². The van der Waals surface area contributed by atoms with Crippen LogP contribution in [-0.2, 0) is 14.3 Å². The molecular weight excluding hydrogens is 299 g/mol. The number of halogens is 1. The highest BCUT2D eigenvalue weighted by Crippen LogP contribution is 2.21. The lowest BCUT2D eigenvalue weighted by molar-refractivity contribution is -0.149. The minimum Gasteiger partial charge on any atom is -0.466 e. The van der Waals surface area contributed by atoms with E-state index in [9.17, 15) is 14.0 Å². The molecule has 0 unspecified atom stereocenters.